The largest absolute Gasteiger partial charge is 0.295 e. The molecular formula is C28H32O. The summed E-state index contributed by atoms with van der Waals surface area (Å²) in [5.74, 6) is 0.102. The molecule has 0 aliphatic heterocycles. The van der Waals surface area contributed by atoms with E-state index in [1.165, 1.54) is 60.8 Å². The molecule has 0 fully saturated rings. The van der Waals surface area contributed by atoms with Crippen LogP contribution in [-0.4, -0.2) is 5.78 Å². The van der Waals surface area contributed by atoms with Crippen molar-refractivity contribution >= 4 is 5.78 Å². The summed E-state index contributed by atoms with van der Waals surface area (Å²) in [6.45, 7) is 3.89. The van der Waals surface area contributed by atoms with Gasteiger partial charge in [-0.2, -0.15) is 0 Å². The molecule has 0 N–H and O–H groups in total. The van der Waals surface area contributed by atoms with Crippen LogP contribution in [0.3, 0.4) is 0 Å². The van der Waals surface area contributed by atoms with Crippen LogP contribution < -0.4 is 0 Å². The zero-order valence-corrected chi connectivity index (χ0v) is 17.8. The van der Waals surface area contributed by atoms with Crippen LogP contribution >= 0.6 is 0 Å². The van der Waals surface area contributed by atoms with Crippen molar-refractivity contribution in [3.8, 4) is 22.3 Å². The number of hydrogen-bond acceptors (Lipinski definition) is 1. The van der Waals surface area contributed by atoms with Crippen LogP contribution in [0.1, 0.15) is 68.3 Å². The molecule has 0 heterocycles. The molecule has 3 aromatic carbocycles. The average molecular weight is 385 g/mol. The molecule has 3 rings (SSSR count). The van der Waals surface area contributed by atoms with Crippen LogP contribution in [0.2, 0.25) is 0 Å². The minimum atomic E-state index is 0.102. The summed E-state index contributed by atoms with van der Waals surface area (Å²) in [6.07, 6.45) is 9.09. The smallest absolute Gasteiger partial charge is 0.159 e. The van der Waals surface area contributed by atoms with Crippen molar-refractivity contribution < 1.29 is 4.79 Å². The molecular weight excluding hydrogens is 352 g/mol. The minimum absolute atomic E-state index is 0.102. The van der Waals surface area contributed by atoms with Crippen molar-refractivity contribution in [2.75, 3.05) is 0 Å². The van der Waals surface area contributed by atoms with E-state index in [2.05, 4.69) is 61.5 Å². The van der Waals surface area contributed by atoms with Gasteiger partial charge in [0.15, 0.2) is 5.78 Å². The van der Waals surface area contributed by atoms with Crippen LogP contribution in [0, 0.1) is 0 Å². The van der Waals surface area contributed by atoms with E-state index in [0.717, 1.165) is 17.5 Å². The Balaban J connectivity index is 1.80. The Morgan fingerprint density at radius 3 is 2.00 bits per heavy atom. The topological polar surface area (TPSA) is 17.1 Å². The van der Waals surface area contributed by atoms with E-state index in [0.29, 0.717) is 0 Å². The van der Waals surface area contributed by atoms with E-state index in [1.807, 2.05) is 18.2 Å². The van der Waals surface area contributed by atoms with Gasteiger partial charge in [-0.05, 0) is 53.6 Å². The highest BCUT2D eigenvalue weighted by atomic mass is 16.1. The first-order valence-electron chi connectivity index (χ1n) is 11.0. The normalized spacial score (nSPS) is 10.8. The van der Waals surface area contributed by atoms with Crippen molar-refractivity contribution in [3.05, 3.63) is 83.9 Å². The van der Waals surface area contributed by atoms with Gasteiger partial charge in [-0.3, -0.25) is 4.79 Å². The minimum Gasteiger partial charge on any atom is -0.295 e. The zero-order valence-electron chi connectivity index (χ0n) is 17.8. The summed E-state index contributed by atoms with van der Waals surface area (Å²) in [5, 5.41) is 0. The summed E-state index contributed by atoms with van der Waals surface area (Å²) in [5.41, 5.74) is 6.90. The molecule has 0 aromatic heterocycles. The first-order valence-corrected chi connectivity index (χ1v) is 11.0. The Labute approximate surface area is 175 Å². The summed E-state index contributed by atoms with van der Waals surface area (Å²) in [6, 6.07) is 25.4. The highest BCUT2D eigenvalue weighted by Gasteiger charge is 2.09. The van der Waals surface area contributed by atoms with Crippen LogP contribution in [0.25, 0.3) is 22.3 Å². The fourth-order valence-corrected chi connectivity index (χ4v) is 3.90. The number of Topliss-reactive ketones (excluding diaryl/α,β-unsaturated/α-hetero) is 1. The first kappa shape index (κ1) is 21.0. The number of benzene rings is 3. The maximum atomic E-state index is 11.8. The third kappa shape index (κ3) is 5.90. The highest BCUT2D eigenvalue weighted by Crippen LogP contribution is 2.33. The molecule has 29 heavy (non-hydrogen) atoms. The predicted molar refractivity (Wildman–Crippen MR) is 124 cm³/mol. The van der Waals surface area contributed by atoms with Gasteiger partial charge in [0, 0.05) is 5.56 Å². The SMILES string of the molecule is CCCCCCCCc1cccc(-c2ccccc2-c2cccc(C(C)=O)c2)c1. The van der Waals surface area contributed by atoms with Crippen molar-refractivity contribution in [1.82, 2.24) is 0 Å². The molecule has 0 atom stereocenters. The second-order valence-corrected chi connectivity index (χ2v) is 7.90. The van der Waals surface area contributed by atoms with E-state index < -0.39 is 0 Å². The predicted octanol–water partition coefficient (Wildman–Crippen LogP) is 8.13. The summed E-state index contributed by atoms with van der Waals surface area (Å²) in [4.78, 5) is 11.8. The van der Waals surface area contributed by atoms with Crippen LogP contribution in [0.4, 0.5) is 0 Å². The number of aryl methyl sites for hydroxylation is 1. The van der Waals surface area contributed by atoms with Crippen molar-refractivity contribution in [3.63, 3.8) is 0 Å². The van der Waals surface area contributed by atoms with Gasteiger partial charge in [0.2, 0.25) is 0 Å². The number of unbranched alkanes of at least 4 members (excludes halogenated alkanes) is 5. The lowest BCUT2D eigenvalue weighted by Gasteiger charge is -2.12. The fraction of sp³-hybridized carbons (Fsp3) is 0.321. The Bertz CT molecular complexity index is 938. The number of rotatable bonds is 10. The van der Waals surface area contributed by atoms with Crippen molar-refractivity contribution in [2.45, 2.75) is 58.8 Å². The zero-order chi connectivity index (χ0) is 20.5. The van der Waals surface area contributed by atoms with Gasteiger partial charge in [-0.15, -0.1) is 0 Å². The molecule has 0 bridgehead atoms. The molecule has 1 nitrogen and oxygen atoms in total. The van der Waals surface area contributed by atoms with E-state index in [1.54, 1.807) is 6.92 Å². The van der Waals surface area contributed by atoms with Gasteiger partial charge in [0.25, 0.3) is 0 Å². The van der Waals surface area contributed by atoms with E-state index in [9.17, 15) is 4.79 Å². The summed E-state index contributed by atoms with van der Waals surface area (Å²) < 4.78 is 0. The van der Waals surface area contributed by atoms with Crippen LogP contribution in [-0.2, 0) is 6.42 Å². The lowest BCUT2D eigenvalue weighted by Crippen LogP contribution is -1.93. The Kier molecular flexibility index (Phi) is 7.81. The monoisotopic (exact) mass is 384 g/mol. The van der Waals surface area contributed by atoms with Crippen molar-refractivity contribution in [1.29, 1.82) is 0 Å². The van der Waals surface area contributed by atoms with Gasteiger partial charge in [-0.25, -0.2) is 0 Å². The van der Waals surface area contributed by atoms with E-state index >= 15 is 0 Å². The molecule has 0 amide bonds. The standard InChI is InChI=1S/C28H32O/c1-3-4-5-6-7-8-13-23-14-11-16-25(20-23)27-18-9-10-19-28(27)26-17-12-15-24(21-26)22(2)29/h9-12,14-21H,3-8,13H2,1-2H3. The Morgan fingerprint density at radius 1 is 0.690 bits per heavy atom. The molecule has 0 spiro atoms. The van der Waals surface area contributed by atoms with Crippen molar-refractivity contribution in [2.24, 2.45) is 0 Å². The lowest BCUT2D eigenvalue weighted by molar-refractivity contribution is 0.101. The number of ketones is 1. The Morgan fingerprint density at radius 2 is 1.31 bits per heavy atom. The molecule has 0 saturated carbocycles. The molecule has 3 aromatic rings. The summed E-state index contributed by atoms with van der Waals surface area (Å²) in [7, 11) is 0. The average Bonchev–Trinajstić information content (AvgIpc) is 2.76. The van der Waals surface area contributed by atoms with E-state index in [4.69, 9.17) is 0 Å². The molecule has 1 heteroatoms. The molecule has 0 radical (unpaired) electrons. The number of hydrogen-bond donors (Lipinski definition) is 0. The van der Waals surface area contributed by atoms with Gasteiger partial charge in [-0.1, -0.05) is 106 Å². The van der Waals surface area contributed by atoms with Crippen LogP contribution in [0.15, 0.2) is 72.8 Å². The summed E-state index contributed by atoms with van der Waals surface area (Å²) >= 11 is 0. The molecule has 0 aliphatic rings. The molecule has 0 saturated heterocycles. The lowest BCUT2D eigenvalue weighted by atomic mass is 9.92. The first-order chi connectivity index (χ1) is 14.2. The van der Waals surface area contributed by atoms with Gasteiger partial charge in [0.1, 0.15) is 0 Å². The van der Waals surface area contributed by atoms with E-state index in [-0.39, 0.29) is 5.78 Å². The highest BCUT2D eigenvalue weighted by molar-refractivity contribution is 5.96. The van der Waals surface area contributed by atoms with Crippen LogP contribution in [0.5, 0.6) is 0 Å². The molecule has 0 unspecified atom stereocenters. The second kappa shape index (κ2) is 10.8. The quantitative estimate of drug-likeness (QED) is 0.255. The van der Waals surface area contributed by atoms with Gasteiger partial charge in [0.05, 0.1) is 0 Å². The maximum absolute atomic E-state index is 11.8. The second-order valence-electron chi connectivity index (χ2n) is 7.90. The third-order valence-corrected chi connectivity index (χ3v) is 5.56. The van der Waals surface area contributed by atoms with Gasteiger partial charge < -0.3 is 0 Å². The molecule has 0 aliphatic carbocycles. The number of carbonyl (C=O) groups excluding carboxylic acids is 1. The van der Waals surface area contributed by atoms with Gasteiger partial charge >= 0.3 is 0 Å². The maximum Gasteiger partial charge on any atom is 0.159 e. The number of carbonyl (C=O) groups is 1. The molecule has 150 valence electrons. The third-order valence-electron chi connectivity index (χ3n) is 5.56. The fourth-order valence-electron chi connectivity index (χ4n) is 3.90. The Hall–Kier alpha value is -2.67.